The third kappa shape index (κ3) is 7.13. The molecule has 312 valence electrons. The van der Waals surface area contributed by atoms with Gasteiger partial charge in [0, 0.05) is 30.6 Å². The highest BCUT2D eigenvalue weighted by molar-refractivity contribution is 5.91. The van der Waals surface area contributed by atoms with E-state index in [1.165, 1.54) is 17.2 Å². The summed E-state index contributed by atoms with van der Waals surface area (Å²) in [6.07, 6.45) is 9.69. The monoisotopic (exact) mass is 777 g/mol. The fourth-order valence-electron chi connectivity index (χ4n) is 13.7. The fraction of sp³-hybridized carbons (Fsp3) is 0.771. The first kappa shape index (κ1) is 43.0. The van der Waals surface area contributed by atoms with E-state index in [0.29, 0.717) is 54.7 Å². The van der Waals surface area contributed by atoms with Crippen molar-refractivity contribution >= 4 is 17.7 Å². The van der Waals surface area contributed by atoms with Crippen molar-refractivity contribution in [3.8, 4) is 0 Å². The first-order chi connectivity index (χ1) is 26.0. The molecule has 0 aliphatic heterocycles. The molecule has 0 radical (unpaired) electrons. The Kier molecular flexibility index (Phi) is 11.7. The van der Waals surface area contributed by atoms with Crippen LogP contribution in [-0.4, -0.2) is 72.5 Å². The van der Waals surface area contributed by atoms with Gasteiger partial charge in [0.15, 0.2) is 5.78 Å². The van der Waals surface area contributed by atoms with Crippen LogP contribution in [0.5, 0.6) is 0 Å². The number of rotatable bonds is 13. The van der Waals surface area contributed by atoms with E-state index in [9.17, 15) is 19.1 Å². The van der Waals surface area contributed by atoms with E-state index in [2.05, 4.69) is 58.3 Å². The zero-order valence-corrected chi connectivity index (χ0v) is 36.7. The average molecular weight is 777 g/mol. The molecule has 5 aliphatic rings. The Labute approximate surface area is 337 Å². The number of ketones is 1. The van der Waals surface area contributed by atoms with E-state index < -0.39 is 22.8 Å². The predicted octanol–water partition coefficient (Wildman–Crippen LogP) is 9.97. The largest absolute Gasteiger partial charge is 0.481 e. The number of carboxylic acid groups (broad SMARTS) is 1. The topological polar surface area (TPSA) is 87.2 Å². The van der Waals surface area contributed by atoms with Gasteiger partial charge in [-0.15, -0.1) is 0 Å². The summed E-state index contributed by atoms with van der Waals surface area (Å²) in [5.41, 5.74) is 2.07. The highest BCUT2D eigenvalue weighted by Gasteiger charge is 2.70. The molecule has 0 heterocycles. The van der Waals surface area contributed by atoms with Gasteiger partial charge in [-0.05, 0) is 138 Å². The van der Waals surface area contributed by atoms with Gasteiger partial charge in [-0.3, -0.25) is 19.3 Å². The van der Waals surface area contributed by atoms with Crippen molar-refractivity contribution < 1.29 is 28.6 Å². The number of esters is 1. The summed E-state index contributed by atoms with van der Waals surface area (Å²) in [5.74, 6) is 0.394. The Bertz CT molecular complexity index is 1720. The summed E-state index contributed by atoms with van der Waals surface area (Å²) in [6, 6.07) is 6.98. The molecule has 4 saturated carbocycles. The number of likely N-dealkylation sites (N-methyl/N-ethyl adjacent to an activating group) is 1. The molecule has 4 fully saturated rings. The number of carbonyl (C=O) groups is 3. The first-order valence-electron chi connectivity index (χ1n) is 21.8. The van der Waals surface area contributed by atoms with Crippen LogP contribution in [0.15, 0.2) is 35.4 Å². The average Bonchev–Trinajstić information content (AvgIpc) is 3.51. The Hall–Kier alpha value is -2.58. The number of allylic oxidation sites excluding steroid dienone is 2. The SMILES string of the molecule is CC(C)C1=C2[C@H]3CC[C@@H]4[C@@]5(C)CC[C@H](OC(=O)CC(C)(C)C(=O)O)C(C)(C)[C@@H]5CC[C@@]4(C)[C@]3(C)CC[C@@]2(C(=O)CN(CCN(C)C)Cc2ccccc2F)CC1. The van der Waals surface area contributed by atoms with E-state index in [-0.39, 0.29) is 40.0 Å². The Balaban J connectivity index is 1.27. The fourth-order valence-corrected chi connectivity index (χ4v) is 13.7. The van der Waals surface area contributed by atoms with E-state index in [1.54, 1.807) is 19.9 Å². The lowest BCUT2D eigenvalue weighted by Crippen LogP contribution is -2.66. The molecule has 1 aromatic rings. The van der Waals surface area contributed by atoms with Gasteiger partial charge in [0.05, 0.1) is 23.8 Å². The summed E-state index contributed by atoms with van der Waals surface area (Å²) >= 11 is 0. The summed E-state index contributed by atoms with van der Waals surface area (Å²) in [4.78, 5) is 44.4. The minimum absolute atomic E-state index is 0.0567. The molecule has 0 bridgehead atoms. The van der Waals surface area contributed by atoms with Gasteiger partial charge in [0.25, 0.3) is 0 Å². The van der Waals surface area contributed by atoms with Crippen LogP contribution in [0.25, 0.3) is 0 Å². The number of Topliss-reactive ketones (excluding diaryl/α,β-unsaturated/α-hetero) is 1. The lowest BCUT2D eigenvalue weighted by molar-refractivity contribution is -0.233. The highest BCUT2D eigenvalue weighted by atomic mass is 19.1. The normalized spacial score (nSPS) is 35.2. The molecule has 1 N–H and O–H groups in total. The van der Waals surface area contributed by atoms with E-state index in [4.69, 9.17) is 4.74 Å². The van der Waals surface area contributed by atoms with Gasteiger partial charge in [-0.1, -0.05) is 77.8 Å². The van der Waals surface area contributed by atoms with Crippen molar-refractivity contribution in [2.24, 2.45) is 56.2 Å². The van der Waals surface area contributed by atoms with E-state index >= 15 is 4.79 Å². The number of hydrogen-bond acceptors (Lipinski definition) is 6. The summed E-state index contributed by atoms with van der Waals surface area (Å²) in [6.45, 7) is 22.4. The lowest BCUT2D eigenvalue weighted by atomic mass is 9.33. The number of halogens is 1. The van der Waals surface area contributed by atoms with Crippen LogP contribution in [0.1, 0.15) is 139 Å². The third-order valence-corrected chi connectivity index (χ3v) is 17.2. The lowest BCUT2D eigenvalue weighted by Gasteiger charge is -2.72. The van der Waals surface area contributed by atoms with Crippen molar-refractivity contribution in [2.45, 2.75) is 146 Å². The quantitative estimate of drug-likeness (QED) is 0.158. The zero-order chi connectivity index (χ0) is 41.2. The number of fused-ring (bicyclic) bond motifs is 7. The van der Waals surface area contributed by atoms with E-state index in [0.717, 1.165) is 70.8 Å². The Morgan fingerprint density at radius 2 is 1.59 bits per heavy atom. The molecule has 0 spiro atoms. The molecule has 8 heteroatoms. The van der Waals surface area contributed by atoms with Crippen LogP contribution >= 0.6 is 0 Å². The Morgan fingerprint density at radius 3 is 2.23 bits per heavy atom. The van der Waals surface area contributed by atoms with Gasteiger partial charge >= 0.3 is 11.9 Å². The molecular formula is C48H73FN2O5. The summed E-state index contributed by atoms with van der Waals surface area (Å²) in [7, 11) is 4.10. The van der Waals surface area contributed by atoms with Gasteiger partial charge in [0.1, 0.15) is 11.9 Å². The predicted molar refractivity (Wildman–Crippen MR) is 220 cm³/mol. The van der Waals surface area contributed by atoms with Crippen LogP contribution in [-0.2, 0) is 25.7 Å². The van der Waals surface area contributed by atoms with Gasteiger partial charge in [0.2, 0.25) is 0 Å². The number of carboxylic acids is 1. The molecule has 0 aromatic heterocycles. The number of carbonyl (C=O) groups excluding carboxylic acids is 2. The minimum Gasteiger partial charge on any atom is -0.481 e. The number of benzene rings is 1. The van der Waals surface area contributed by atoms with Crippen LogP contribution in [0.4, 0.5) is 4.39 Å². The van der Waals surface area contributed by atoms with Crippen LogP contribution in [0, 0.1) is 62.0 Å². The van der Waals surface area contributed by atoms with Gasteiger partial charge < -0.3 is 14.7 Å². The summed E-state index contributed by atoms with van der Waals surface area (Å²) < 4.78 is 21.1. The third-order valence-electron chi connectivity index (χ3n) is 17.2. The minimum atomic E-state index is -1.16. The maximum Gasteiger partial charge on any atom is 0.309 e. The number of aliphatic carboxylic acids is 1. The van der Waals surface area contributed by atoms with Gasteiger partial charge in [-0.2, -0.15) is 0 Å². The Morgan fingerprint density at radius 1 is 0.893 bits per heavy atom. The number of ether oxygens (including phenoxy) is 1. The molecule has 5 aliphatic carbocycles. The second kappa shape index (κ2) is 15.2. The number of nitrogens with zero attached hydrogens (tertiary/aromatic N) is 2. The molecule has 8 atom stereocenters. The first-order valence-corrected chi connectivity index (χ1v) is 21.8. The molecule has 56 heavy (non-hydrogen) atoms. The van der Waals surface area contributed by atoms with Gasteiger partial charge in [-0.25, -0.2) is 4.39 Å². The zero-order valence-electron chi connectivity index (χ0n) is 36.7. The molecule has 6 rings (SSSR count). The molecular weight excluding hydrogens is 704 g/mol. The standard InChI is InChI=1S/C48H73FN2O5/c1-31(2)33-18-23-48(38(52)30-51(27-26-50(10)11)29-32-14-12-13-15-35(32)49)25-24-46(8)34(41(33)48)16-17-37-45(7)21-20-39(56-40(53)28-43(3,4)42(54)55)44(5,6)36(45)19-22-47(37,46)9/h12-15,31,34,36-37,39H,16-30H2,1-11H3,(H,54,55)/t34-,36+,37-,39+,45+,46-,47-,48-/m1/s1. The highest BCUT2D eigenvalue weighted by Crippen LogP contribution is 2.77. The van der Waals surface area contributed by atoms with E-state index in [1.807, 2.05) is 26.2 Å². The van der Waals surface area contributed by atoms with Crippen molar-refractivity contribution in [1.29, 1.82) is 0 Å². The molecule has 7 nitrogen and oxygen atoms in total. The smallest absolute Gasteiger partial charge is 0.309 e. The summed E-state index contributed by atoms with van der Waals surface area (Å²) in [5, 5.41) is 9.64. The van der Waals surface area contributed by atoms with Crippen molar-refractivity contribution in [2.75, 3.05) is 33.7 Å². The molecule has 0 amide bonds. The second-order valence-electron chi connectivity index (χ2n) is 21.5. The maximum atomic E-state index is 15.1. The van der Waals surface area contributed by atoms with Crippen molar-refractivity contribution in [3.63, 3.8) is 0 Å². The van der Waals surface area contributed by atoms with Crippen LogP contribution in [0.2, 0.25) is 0 Å². The van der Waals surface area contributed by atoms with Crippen LogP contribution < -0.4 is 0 Å². The molecule has 1 aromatic carbocycles. The molecule has 0 unspecified atom stereocenters. The van der Waals surface area contributed by atoms with Crippen molar-refractivity contribution in [1.82, 2.24) is 9.80 Å². The molecule has 0 saturated heterocycles. The van der Waals surface area contributed by atoms with Crippen LogP contribution in [0.3, 0.4) is 0 Å². The maximum absolute atomic E-state index is 15.1. The second-order valence-corrected chi connectivity index (χ2v) is 21.5. The number of hydrogen-bond donors (Lipinski definition) is 1. The van der Waals surface area contributed by atoms with Crippen molar-refractivity contribution in [3.05, 3.63) is 46.8 Å².